The first-order valence-corrected chi connectivity index (χ1v) is 11.3. The molecule has 31 heavy (non-hydrogen) atoms. The third-order valence-corrected chi connectivity index (χ3v) is 6.02. The summed E-state index contributed by atoms with van der Waals surface area (Å²) in [6, 6.07) is 10.8. The van der Waals surface area contributed by atoms with E-state index in [0.29, 0.717) is 11.3 Å². The number of allylic oxidation sites excluding steroid dienone is 1. The number of fused-ring (bicyclic) bond motifs is 1. The molecule has 0 radical (unpaired) electrons. The van der Waals surface area contributed by atoms with Crippen LogP contribution in [0.25, 0.3) is 5.57 Å². The molecule has 0 aromatic heterocycles. The van der Waals surface area contributed by atoms with Gasteiger partial charge in [-0.3, -0.25) is 4.79 Å². The molecule has 0 unspecified atom stereocenters. The minimum atomic E-state index is -0.416. The van der Waals surface area contributed by atoms with Gasteiger partial charge >= 0.3 is 0 Å². The quantitative estimate of drug-likeness (QED) is 0.295. The summed E-state index contributed by atoms with van der Waals surface area (Å²) in [7, 11) is 0. The average Bonchev–Trinajstić information content (AvgIpc) is 2.71. The fraction of sp³-hybridized carbons (Fsp3) is 0.333. The van der Waals surface area contributed by atoms with Crippen LogP contribution in [0.4, 0.5) is 10.1 Å². The lowest BCUT2D eigenvalue weighted by Gasteiger charge is -2.43. The summed E-state index contributed by atoms with van der Waals surface area (Å²) in [5.41, 5.74) is 5.49. The van der Waals surface area contributed by atoms with Gasteiger partial charge in [0, 0.05) is 23.4 Å². The number of benzene rings is 2. The second kappa shape index (κ2) is 9.80. The Balaban J connectivity index is 1.71. The number of hydrogen-bond acceptors (Lipinski definition) is 4. The van der Waals surface area contributed by atoms with Gasteiger partial charge in [0.1, 0.15) is 11.6 Å². The van der Waals surface area contributed by atoms with Crippen LogP contribution >= 0.6 is 22.6 Å². The van der Waals surface area contributed by atoms with Crippen molar-refractivity contribution in [3.8, 4) is 5.75 Å². The van der Waals surface area contributed by atoms with Crippen molar-refractivity contribution in [3.63, 3.8) is 0 Å². The van der Waals surface area contributed by atoms with E-state index in [0.717, 1.165) is 33.4 Å². The Kier molecular flexibility index (Phi) is 7.35. The van der Waals surface area contributed by atoms with Crippen molar-refractivity contribution in [2.75, 3.05) is 18.1 Å². The van der Waals surface area contributed by atoms with E-state index in [9.17, 15) is 9.18 Å². The number of anilines is 1. The highest BCUT2D eigenvalue weighted by Gasteiger charge is 2.31. The van der Waals surface area contributed by atoms with Crippen molar-refractivity contribution in [1.29, 1.82) is 0 Å². The maximum Gasteiger partial charge on any atom is 0.277 e. The smallest absolute Gasteiger partial charge is 0.277 e. The number of nitrogens with zero attached hydrogens (tertiary/aromatic N) is 2. The minimum absolute atomic E-state index is 0.174. The van der Waals surface area contributed by atoms with Crippen molar-refractivity contribution < 1.29 is 13.9 Å². The number of hydrazone groups is 1. The second-order valence-corrected chi connectivity index (χ2v) is 9.20. The Morgan fingerprint density at radius 1 is 1.32 bits per heavy atom. The largest absolute Gasteiger partial charge is 0.483 e. The lowest BCUT2D eigenvalue weighted by Crippen LogP contribution is -2.45. The van der Waals surface area contributed by atoms with Crippen molar-refractivity contribution in [1.82, 2.24) is 5.43 Å². The lowest BCUT2D eigenvalue weighted by atomic mass is 9.88. The molecule has 164 valence electrons. The van der Waals surface area contributed by atoms with Gasteiger partial charge in [0.2, 0.25) is 0 Å². The zero-order valence-electron chi connectivity index (χ0n) is 18.2. The molecule has 0 aliphatic carbocycles. The van der Waals surface area contributed by atoms with Crippen LogP contribution in [0.15, 0.2) is 47.6 Å². The molecule has 2 aromatic carbocycles. The molecule has 0 saturated heterocycles. The van der Waals surface area contributed by atoms with Crippen LogP contribution in [0.5, 0.6) is 5.75 Å². The molecular weight excluding hydrogens is 508 g/mol. The summed E-state index contributed by atoms with van der Waals surface area (Å²) in [5, 5.41) is 3.92. The summed E-state index contributed by atoms with van der Waals surface area (Å²) >= 11 is 2.14. The molecule has 1 aliphatic heterocycles. The van der Waals surface area contributed by atoms with E-state index in [1.807, 2.05) is 25.1 Å². The molecule has 2 aromatic rings. The predicted octanol–water partition coefficient (Wildman–Crippen LogP) is 5.37. The van der Waals surface area contributed by atoms with Gasteiger partial charge in [-0.1, -0.05) is 25.1 Å². The number of hydrogen-bond donors (Lipinski definition) is 1. The normalized spacial score (nSPS) is 14.9. The van der Waals surface area contributed by atoms with Crippen LogP contribution in [-0.2, 0) is 4.79 Å². The lowest BCUT2D eigenvalue weighted by molar-refractivity contribution is -0.123. The Bertz CT molecular complexity index is 1030. The molecule has 0 bridgehead atoms. The summed E-state index contributed by atoms with van der Waals surface area (Å²) in [6.07, 6.45) is 4.50. The van der Waals surface area contributed by atoms with E-state index >= 15 is 0 Å². The highest BCUT2D eigenvalue weighted by atomic mass is 127. The molecule has 3 rings (SSSR count). The minimum Gasteiger partial charge on any atom is -0.483 e. The van der Waals surface area contributed by atoms with Gasteiger partial charge in [0.05, 0.1) is 15.3 Å². The van der Waals surface area contributed by atoms with E-state index < -0.39 is 5.91 Å². The van der Waals surface area contributed by atoms with Gasteiger partial charge in [-0.2, -0.15) is 5.10 Å². The van der Waals surface area contributed by atoms with Crippen LogP contribution < -0.4 is 15.1 Å². The highest BCUT2D eigenvalue weighted by molar-refractivity contribution is 14.1. The monoisotopic (exact) mass is 535 g/mol. The molecule has 1 amide bonds. The summed E-state index contributed by atoms with van der Waals surface area (Å²) in [4.78, 5) is 14.2. The van der Waals surface area contributed by atoms with Crippen LogP contribution in [0.3, 0.4) is 0 Å². The summed E-state index contributed by atoms with van der Waals surface area (Å²) in [5.74, 6) is -0.163. The van der Waals surface area contributed by atoms with Crippen molar-refractivity contribution in [3.05, 3.63) is 63.0 Å². The Labute approximate surface area is 196 Å². The number of carbonyl (C=O) groups is 1. The summed E-state index contributed by atoms with van der Waals surface area (Å²) < 4.78 is 21.2. The molecular formula is C24H27FIN3O2. The molecule has 7 heteroatoms. The molecule has 1 heterocycles. The van der Waals surface area contributed by atoms with Gasteiger partial charge in [-0.05, 0) is 79.6 Å². The van der Waals surface area contributed by atoms with Crippen molar-refractivity contribution in [2.45, 2.75) is 39.7 Å². The van der Waals surface area contributed by atoms with Crippen LogP contribution in [0, 0.1) is 9.39 Å². The van der Waals surface area contributed by atoms with Gasteiger partial charge in [-0.25, -0.2) is 9.82 Å². The maximum absolute atomic E-state index is 14.8. The van der Waals surface area contributed by atoms with Gasteiger partial charge < -0.3 is 9.64 Å². The second-order valence-electron chi connectivity index (χ2n) is 8.04. The first kappa shape index (κ1) is 23.2. The van der Waals surface area contributed by atoms with Crippen LogP contribution in [0.2, 0.25) is 0 Å². The number of carbonyl (C=O) groups excluding carboxylic acids is 1. The first-order valence-electron chi connectivity index (χ1n) is 10.2. The van der Waals surface area contributed by atoms with Gasteiger partial charge in [-0.15, -0.1) is 0 Å². The SMILES string of the molecule is CCCN1c2cc(F)c(/C=N/NC(=O)COc3ccccc3I)cc2C(C)=CC1(C)C. The van der Waals surface area contributed by atoms with E-state index in [1.54, 1.807) is 18.2 Å². The average molecular weight is 535 g/mol. The number of rotatable bonds is 7. The highest BCUT2D eigenvalue weighted by Crippen LogP contribution is 2.39. The first-order chi connectivity index (χ1) is 14.7. The number of nitrogens with one attached hydrogen (secondary N) is 1. The van der Waals surface area contributed by atoms with Crippen LogP contribution in [-0.4, -0.2) is 30.8 Å². The zero-order chi connectivity index (χ0) is 22.6. The van der Waals surface area contributed by atoms with E-state index in [-0.39, 0.29) is 18.0 Å². The number of para-hydroxylation sites is 1. The van der Waals surface area contributed by atoms with Gasteiger partial charge in [0.15, 0.2) is 6.61 Å². The number of halogens is 2. The van der Waals surface area contributed by atoms with E-state index in [4.69, 9.17) is 4.74 Å². The molecule has 0 fully saturated rings. The molecule has 0 saturated carbocycles. The molecule has 1 aliphatic rings. The van der Waals surface area contributed by atoms with Gasteiger partial charge in [0.25, 0.3) is 5.91 Å². The maximum atomic E-state index is 14.8. The fourth-order valence-electron chi connectivity index (χ4n) is 3.76. The zero-order valence-corrected chi connectivity index (χ0v) is 20.4. The number of amides is 1. The predicted molar refractivity (Wildman–Crippen MR) is 132 cm³/mol. The molecule has 5 nitrogen and oxygen atoms in total. The topological polar surface area (TPSA) is 53.9 Å². The van der Waals surface area contributed by atoms with E-state index in [1.165, 1.54) is 6.21 Å². The van der Waals surface area contributed by atoms with Crippen molar-refractivity contribution in [2.24, 2.45) is 5.10 Å². The third kappa shape index (κ3) is 5.44. The molecule has 0 spiro atoms. The fourth-order valence-corrected chi connectivity index (χ4v) is 4.30. The van der Waals surface area contributed by atoms with E-state index in [2.05, 4.69) is 64.9 Å². The Hall–Kier alpha value is -2.42. The standard InChI is InChI=1S/C24H27FIN3O2/c1-5-10-29-21-12-19(25)17(11-18(21)16(2)13-24(29,3)4)14-27-28-23(30)15-31-22-9-7-6-8-20(22)26/h6-9,11-14H,5,10,15H2,1-4H3,(H,28,30)/b27-14+. The number of ether oxygens (including phenoxy) is 1. The molecule has 1 N–H and O–H groups in total. The molecule has 0 atom stereocenters. The van der Waals surface area contributed by atoms with Crippen LogP contribution in [0.1, 0.15) is 45.2 Å². The Morgan fingerprint density at radius 3 is 2.77 bits per heavy atom. The Morgan fingerprint density at radius 2 is 2.06 bits per heavy atom. The van der Waals surface area contributed by atoms with Crippen molar-refractivity contribution >= 4 is 46.0 Å². The third-order valence-electron chi connectivity index (χ3n) is 5.13. The summed E-state index contributed by atoms with van der Waals surface area (Å²) in [6.45, 7) is 9.09.